The van der Waals surface area contributed by atoms with Crippen LogP contribution in [0.2, 0.25) is 0 Å². The van der Waals surface area contributed by atoms with Crippen molar-refractivity contribution in [1.82, 2.24) is 0 Å². The number of nitrogens with zero attached hydrogens (tertiary/aromatic N) is 2. The van der Waals surface area contributed by atoms with E-state index in [2.05, 4.69) is 53.0 Å². The van der Waals surface area contributed by atoms with Crippen molar-refractivity contribution in [2.24, 2.45) is 4.99 Å². The van der Waals surface area contributed by atoms with Crippen LogP contribution in [-0.4, -0.2) is 17.4 Å². The Kier molecular flexibility index (Phi) is 6.16. The molecule has 0 aliphatic heterocycles. The molecule has 2 aromatic rings. The van der Waals surface area contributed by atoms with E-state index >= 15 is 0 Å². The smallest absolute Gasteiger partial charge is 0.128 e. The van der Waals surface area contributed by atoms with Gasteiger partial charge in [-0.05, 0) is 44.6 Å². The fourth-order valence-electron chi connectivity index (χ4n) is 3.12. The number of hydrogen-bond donors (Lipinski definition) is 1. The minimum absolute atomic E-state index is 0.0356. The van der Waals surface area contributed by atoms with Gasteiger partial charge in [0, 0.05) is 17.5 Å². The molecule has 3 rings (SSSR count). The molecule has 1 N–H and O–H groups in total. The molecule has 144 valence electrons. The van der Waals surface area contributed by atoms with Crippen LogP contribution < -0.4 is 4.67 Å². The lowest BCUT2D eigenvalue weighted by molar-refractivity contribution is 0.446. The number of benzene rings is 2. The van der Waals surface area contributed by atoms with Crippen molar-refractivity contribution >= 4 is 21.3 Å². The summed E-state index contributed by atoms with van der Waals surface area (Å²) in [6.45, 7) is 6.28. The Morgan fingerprint density at radius 3 is 2.46 bits per heavy atom. The number of para-hydroxylation sites is 2. The van der Waals surface area contributed by atoms with E-state index in [0.29, 0.717) is 5.75 Å². The Morgan fingerprint density at radius 2 is 1.75 bits per heavy atom. The van der Waals surface area contributed by atoms with Crippen molar-refractivity contribution in [3.8, 4) is 5.75 Å². The zero-order chi connectivity index (χ0) is 20.1. The quantitative estimate of drug-likeness (QED) is 0.530. The van der Waals surface area contributed by atoms with E-state index in [1.807, 2.05) is 60.7 Å². The van der Waals surface area contributed by atoms with E-state index in [-0.39, 0.29) is 11.5 Å². The van der Waals surface area contributed by atoms with Crippen LogP contribution in [0.1, 0.15) is 31.9 Å². The minimum atomic E-state index is -0.131. The third-order valence-electron chi connectivity index (χ3n) is 4.67. The standard InChI is InChI=1S/C24H27N2OP/c1-24(2,3)20-14-10-11-18(23(20)27)17-25-21-15-8-5-9-16-22(21)26(28)19-12-6-4-7-13-19/h4-17,22,27H,28H2,1-3H3. The van der Waals surface area contributed by atoms with Crippen LogP contribution in [-0.2, 0) is 5.41 Å². The van der Waals surface area contributed by atoms with Crippen molar-refractivity contribution in [2.75, 3.05) is 4.67 Å². The van der Waals surface area contributed by atoms with Crippen LogP contribution >= 0.6 is 9.39 Å². The van der Waals surface area contributed by atoms with Crippen LogP contribution in [0.4, 0.5) is 5.69 Å². The zero-order valence-electron chi connectivity index (χ0n) is 16.6. The summed E-state index contributed by atoms with van der Waals surface area (Å²) >= 11 is 0. The van der Waals surface area contributed by atoms with E-state index in [4.69, 9.17) is 4.99 Å². The molecule has 0 saturated carbocycles. The third-order valence-corrected chi connectivity index (χ3v) is 5.29. The third kappa shape index (κ3) is 4.61. The predicted octanol–water partition coefficient (Wildman–Crippen LogP) is 5.78. The summed E-state index contributed by atoms with van der Waals surface area (Å²) in [5, 5.41) is 10.7. The van der Waals surface area contributed by atoms with E-state index in [9.17, 15) is 5.11 Å². The second kappa shape index (κ2) is 8.58. The topological polar surface area (TPSA) is 35.8 Å². The SMILES string of the molecule is CC(C)(C)c1cccc(C=NC2=CC=CC=CC2N(P)c2ccccc2)c1O. The van der Waals surface area contributed by atoms with E-state index in [1.165, 1.54) is 0 Å². The molecule has 2 aromatic carbocycles. The first-order chi connectivity index (χ1) is 13.4. The molecule has 0 spiro atoms. The van der Waals surface area contributed by atoms with E-state index in [0.717, 1.165) is 22.5 Å². The van der Waals surface area contributed by atoms with E-state index in [1.54, 1.807) is 6.21 Å². The molecule has 1 aliphatic rings. The van der Waals surface area contributed by atoms with Gasteiger partial charge in [-0.25, -0.2) is 0 Å². The van der Waals surface area contributed by atoms with Crippen molar-refractivity contribution < 1.29 is 5.11 Å². The summed E-state index contributed by atoms with van der Waals surface area (Å²) in [6.07, 6.45) is 11.9. The summed E-state index contributed by atoms with van der Waals surface area (Å²) in [5.41, 5.74) is 3.49. The zero-order valence-corrected chi connectivity index (χ0v) is 17.7. The maximum absolute atomic E-state index is 10.7. The number of aliphatic imine (C=N–C) groups is 1. The summed E-state index contributed by atoms with van der Waals surface area (Å²) in [5.74, 6) is 0.293. The molecular weight excluding hydrogens is 363 g/mol. The fraction of sp³-hybridized carbons (Fsp3) is 0.208. The van der Waals surface area contributed by atoms with E-state index < -0.39 is 0 Å². The highest BCUT2D eigenvalue weighted by Gasteiger charge is 2.20. The molecule has 0 saturated heterocycles. The Morgan fingerprint density at radius 1 is 1.00 bits per heavy atom. The summed E-state index contributed by atoms with van der Waals surface area (Å²) < 4.78 is 2.11. The van der Waals surface area contributed by atoms with Gasteiger partial charge in [-0.1, -0.05) is 75.4 Å². The fourth-order valence-corrected chi connectivity index (χ4v) is 3.54. The maximum Gasteiger partial charge on any atom is 0.128 e. The first kappa shape index (κ1) is 20.1. The molecular formula is C24H27N2OP. The molecule has 4 heteroatoms. The Labute approximate surface area is 170 Å². The van der Waals surface area contributed by atoms with Crippen LogP contribution in [0.5, 0.6) is 5.75 Å². The van der Waals surface area contributed by atoms with Crippen molar-refractivity contribution in [1.29, 1.82) is 0 Å². The summed E-state index contributed by atoms with van der Waals surface area (Å²) in [4.78, 5) is 4.74. The normalized spacial score (nSPS) is 16.9. The number of phenolic OH excluding ortho intramolecular Hbond substituents is 1. The van der Waals surface area contributed by atoms with Crippen LogP contribution in [0.25, 0.3) is 0 Å². The molecule has 1 aliphatic carbocycles. The van der Waals surface area contributed by atoms with Crippen molar-refractivity contribution in [3.63, 3.8) is 0 Å². The van der Waals surface area contributed by atoms with Gasteiger partial charge >= 0.3 is 0 Å². The second-order valence-electron chi connectivity index (χ2n) is 7.80. The highest BCUT2D eigenvalue weighted by atomic mass is 31.0. The largest absolute Gasteiger partial charge is 0.507 e. The molecule has 2 atom stereocenters. The average molecular weight is 390 g/mol. The summed E-state index contributed by atoms with van der Waals surface area (Å²) in [7, 11) is 2.79. The minimum Gasteiger partial charge on any atom is -0.507 e. The van der Waals surface area contributed by atoms with Gasteiger partial charge in [0.2, 0.25) is 0 Å². The van der Waals surface area contributed by atoms with Gasteiger partial charge in [-0.3, -0.25) is 4.99 Å². The lowest BCUT2D eigenvalue weighted by Gasteiger charge is -2.27. The number of aromatic hydroxyl groups is 1. The Balaban J connectivity index is 1.92. The number of allylic oxidation sites excluding steroid dienone is 4. The van der Waals surface area contributed by atoms with Crippen LogP contribution in [0.3, 0.4) is 0 Å². The summed E-state index contributed by atoms with van der Waals surface area (Å²) in [6, 6.07) is 16.0. The van der Waals surface area contributed by atoms with Gasteiger partial charge in [0.05, 0.1) is 11.7 Å². The first-order valence-electron chi connectivity index (χ1n) is 9.38. The lowest BCUT2D eigenvalue weighted by Crippen LogP contribution is -2.25. The average Bonchev–Trinajstić information content (AvgIpc) is 2.92. The highest BCUT2D eigenvalue weighted by Crippen LogP contribution is 2.33. The number of rotatable bonds is 4. The van der Waals surface area contributed by atoms with Crippen LogP contribution in [0, 0.1) is 0 Å². The second-order valence-corrected chi connectivity index (χ2v) is 8.36. The highest BCUT2D eigenvalue weighted by molar-refractivity contribution is 7.19. The molecule has 28 heavy (non-hydrogen) atoms. The molecule has 0 amide bonds. The number of anilines is 1. The number of phenols is 1. The van der Waals surface area contributed by atoms with Gasteiger partial charge < -0.3 is 9.78 Å². The molecule has 0 heterocycles. The van der Waals surface area contributed by atoms with Gasteiger partial charge in [0.15, 0.2) is 0 Å². The molecule has 0 radical (unpaired) electrons. The van der Waals surface area contributed by atoms with Gasteiger partial charge in [0.25, 0.3) is 0 Å². The van der Waals surface area contributed by atoms with Crippen molar-refractivity contribution in [3.05, 3.63) is 95.7 Å². The number of hydrogen-bond acceptors (Lipinski definition) is 3. The van der Waals surface area contributed by atoms with Gasteiger partial charge in [-0.2, -0.15) is 0 Å². The lowest BCUT2D eigenvalue weighted by atomic mass is 9.85. The Hall–Kier alpha value is -2.64. The predicted molar refractivity (Wildman–Crippen MR) is 123 cm³/mol. The Bertz CT molecular complexity index is 937. The molecule has 0 aromatic heterocycles. The first-order valence-corrected chi connectivity index (χ1v) is 9.90. The van der Waals surface area contributed by atoms with Crippen LogP contribution in [0.15, 0.2) is 89.6 Å². The van der Waals surface area contributed by atoms with Gasteiger partial charge in [0.1, 0.15) is 5.75 Å². The monoisotopic (exact) mass is 390 g/mol. The maximum atomic E-state index is 10.7. The molecule has 3 nitrogen and oxygen atoms in total. The molecule has 0 fully saturated rings. The molecule has 0 bridgehead atoms. The molecule has 2 unspecified atom stereocenters. The van der Waals surface area contributed by atoms with Gasteiger partial charge in [-0.15, -0.1) is 0 Å². The van der Waals surface area contributed by atoms with Crippen molar-refractivity contribution in [2.45, 2.75) is 32.2 Å².